The fourth-order valence-electron chi connectivity index (χ4n) is 5.07. The first-order valence-corrected chi connectivity index (χ1v) is 12.8. The minimum atomic E-state index is 0. The molecule has 2 N–H and O–H groups in total. The molecule has 0 radical (unpaired) electrons. The van der Waals surface area contributed by atoms with Gasteiger partial charge in [0.2, 0.25) is 5.91 Å². The van der Waals surface area contributed by atoms with Gasteiger partial charge in [0.15, 0.2) is 5.96 Å². The minimum absolute atomic E-state index is 0. The summed E-state index contributed by atoms with van der Waals surface area (Å²) in [5.74, 6) is 2.26. The lowest BCUT2D eigenvalue weighted by atomic mass is 9.84. The summed E-state index contributed by atoms with van der Waals surface area (Å²) in [5, 5.41) is 7.07. The van der Waals surface area contributed by atoms with E-state index in [1.54, 1.807) is 0 Å². The molecular formula is C24H47IN6O. The number of carbonyl (C=O) groups is 1. The first kappa shape index (κ1) is 27.6. The van der Waals surface area contributed by atoms with E-state index in [4.69, 9.17) is 0 Å². The quantitative estimate of drug-likeness (QED) is 0.271. The summed E-state index contributed by atoms with van der Waals surface area (Å²) in [6, 6.07) is 0.554. The molecule has 0 spiro atoms. The molecule has 1 aliphatic carbocycles. The third-order valence-electron chi connectivity index (χ3n) is 7.44. The Morgan fingerprint density at radius 3 is 2.12 bits per heavy atom. The summed E-state index contributed by atoms with van der Waals surface area (Å²) >= 11 is 0. The molecule has 7 nitrogen and oxygen atoms in total. The average molecular weight is 563 g/mol. The smallest absolute Gasteiger partial charge is 0.225 e. The van der Waals surface area contributed by atoms with Crippen molar-refractivity contribution in [3.8, 4) is 0 Å². The van der Waals surface area contributed by atoms with Crippen molar-refractivity contribution in [2.45, 2.75) is 64.8 Å². The molecule has 0 aromatic rings. The molecule has 1 amide bonds. The molecular weight excluding hydrogens is 515 g/mol. The van der Waals surface area contributed by atoms with Gasteiger partial charge in [-0.1, -0.05) is 33.1 Å². The van der Waals surface area contributed by atoms with E-state index >= 15 is 0 Å². The molecule has 2 saturated heterocycles. The van der Waals surface area contributed by atoms with Crippen molar-refractivity contribution < 1.29 is 4.79 Å². The molecule has 1 unspecified atom stereocenters. The molecule has 8 heteroatoms. The second kappa shape index (κ2) is 14.6. The topological polar surface area (TPSA) is 63.2 Å². The lowest BCUT2D eigenvalue weighted by molar-refractivity contribution is -0.139. The van der Waals surface area contributed by atoms with Crippen LogP contribution in [-0.4, -0.2) is 98.6 Å². The van der Waals surface area contributed by atoms with E-state index in [0.29, 0.717) is 23.8 Å². The monoisotopic (exact) mass is 562 g/mol. The van der Waals surface area contributed by atoms with E-state index in [0.717, 1.165) is 64.6 Å². The van der Waals surface area contributed by atoms with E-state index in [-0.39, 0.29) is 24.0 Å². The van der Waals surface area contributed by atoms with Crippen LogP contribution in [0, 0.1) is 11.8 Å². The van der Waals surface area contributed by atoms with E-state index in [1.807, 2.05) is 7.05 Å². The molecule has 0 aromatic heterocycles. The molecule has 3 rings (SSSR count). The van der Waals surface area contributed by atoms with Crippen molar-refractivity contribution in [1.29, 1.82) is 0 Å². The summed E-state index contributed by atoms with van der Waals surface area (Å²) in [4.78, 5) is 24.1. The third-order valence-corrected chi connectivity index (χ3v) is 7.44. The maximum Gasteiger partial charge on any atom is 0.225 e. The number of piperazine rings is 1. The van der Waals surface area contributed by atoms with Crippen LogP contribution >= 0.6 is 24.0 Å². The van der Waals surface area contributed by atoms with Crippen molar-refractivity contribution in [1.82, 2.24) is 25.3 Å². The Morgan fingerprint density at radius 1 is 0.938 bits per heavy atom. The van der Waals surface area contributed by atoms with E-state index in [9.17, 15) is 4.79 Å². The van der Waals surface area contributed by atoms with Gasteiger partial charge in [0.1, 0.15) is 0 Å². The van der Waals surface area contributed by atoms with Crippen LogP contribution in [0.25, 0.3) is 0 Å². The Hall–Kier alpha value is -0.610. The van der Waals surface area contributed by atoms with Gasteiger partial charge < -0.3 is 15.5 Å². The number of rotatable bonds is 8. The zero-order chi connectivity index (χ0) is 22.1. The number of aliphatic imine (C=N–C) groups is 1. The number of nitrogens with zero attached hydrogens (tertiary/aromatic N) is 4. The van der Waals surface area contributed by atoms with Gasteiger partial charge in [-0.25, -0.2) is 0 Å². The van der Waals surface area contributed by atoms with Crippen LogP contribution in [0.5, 0.6) is 0 Å². The van der Waals surface area contributed by atoms with Crippen LogP contribution in [0.1, 0.15) is 58.8 Å². The lowest BCUT2D eigenvalue weighted by Crippen LogP contribution is -2.53. The van der Waals surface area contributed by atoms with E-state index in [2.05, 4.69) is 44.2 Å². The molecule has 3 aliphatic rings. The molecule has 1 atom stereocenters. The number of halogens is 1. The van der Waals surface area contributed by atoms with Gasteiger partial charge in [-0.05, 0) is 44.7 Å². The molecule has 32 heavy (non-hydrogen) atoms. The van der Waals surface area contributed by atoms with Gasteiger partial charge in [0.25, 0.3) is 0 Å². The maximum atomic E-state index is 12.4. The second-order valence-electron chi connectivity index (χ2n) is 9.94. The Kier molecular flexibility index (Phi) is 12.6. The molecule has 186 valence electrons. The van der Waals surface area contributed by atoms with E-state index < -0.39 is 0 Å². The van der Waals surface area contributed by atoms with Gasteiger partial charge in [-0.15, -0.1) is 24.0 Å². The highest BCUT2D eigenvalue weighted by molar-refractivity contribution is 14.0. The van der Waals surface area contributed by atoms with Gasteiger partial charge in [0, 0.05) is 64.8 Å². The minimum Gasteiger partial charge on any atom is -0.355 e. The maximum absolute atomic E-state index is 12.4. The van der Waals surface area contributed by atoms with Crippen LogP contribution in [0.2, 0.25) is 0 Å². The summed E-state index contributed by atoms with van der Waals surface area (Å²) in [6.45, 7) is 13.7. The van der Waals surface area contributed by atoms with Crippen LogP contribution in [0.4, 0.5) is 0 Å². The van der Waals surface area contributed by atoms with Crippen LogP contribution in [-0.2, 0) is 4.79 Å². The summed E-state index contributed by atoms with van der Waals surface area (Å²) in [6.07, 6.45) is 8.84. The highest BCUT2D eigenvalue weighted by Gasteiger charge is 2.31. The predicted octanol–water partition coefficient (Wildman–Crippen LogP) is 2.61. The van der Waals surface area contributed by atoms with Crippen LogP contribution in [0.3, 0.4) is 0 Å². The van der Waals surface area contributed by atoms with Crippen molar-refractivity contribution >= 4 is 35.8 Å². The highest BCUT2D eigenvalue weighted by atomic mass is 127. The zero-order valence-corrected chi connectivity index (χ0v) is 23.0. The Morgan fingerprint density at radius 2 is 1.59 bits per heavy atom. The summed E-state index contributed by atoms with van der Waals surface area (Å²) < 4.78 is 0. The molecule has 0 bridgehead atoms. The highest BCUT2D eigenvalue weighted by Crippen LogP contribution is 2.28. The number of carbonyl (C=O) groups excluding carboxylic acids is 1. The number of hydrogen-bond donors (Lipinski definition) is 2. The Labute approximate surface area is 213 Å². The van der Waals surface area contributed by atoms with Crippen LogP contribution < -0.4 is 10.6 Å². The van der Waals surface area contributed by atoms with Crippen molar-refractivity contribution in [2.75, 3.05) is 66.0 Å². The van der Waals surface area contributed by atoms with E-state index in [1.165, 1.54) is 45.2 Å². The number of hydrogen-bond acceptors (Lipinski definition) is 4. The molecule has 2 heterocycles. The molecule has 1 saturated carbocycles. The number of likely N-dealkylation sites (tertiary alicyclic amines) is 1. The summed E-state index contributed by atoms with van der Waals surface area (Å²) in [5.41, 5.74) is 0. The van der Waals surface area contributed by atoms with Crippen molar-refractivity contribution in [3.05, 3.63) is 0 Å². The van der Waals surface area contributed by atoms with Crippen molar-refractivity contribution in [2.24, 2.45) is 16.8 Å². The standard InChI is InChI=1S/C24H46N6O.HI/c1-20(2)22(29-12-6-4-5-7-13-29)19-27-24(25-3)26-11-14-28-15-17-30(18-16-28)23(31)21-9-8-10-21;/h20-22H,4-19H2,1-3H3,(H2,25,26,27);1H. The molecule has 2 aliphatic heterocycles. The SMILES string of the molecule is CN=C(NCCN1CCN(C(=O)C2CCC2)CC1)NCC(C(C)C)N1CCCCCC1.I. The number of amides is 1. The summed E-state index contributed by atoms with van der Waals surface area (Å²) in [7, 11) is 1.86. The first-order valence-electron chi connectivity index (χ1n) is 12.8. The Bertz CT molecular complexity index is 567. The average Bonchev–Trinajstić information content (AvgIpc) is 3.01. The molecule has 3 fully saturated rings. The second-order valence-corrected chi connectivity index (χ2v) is 9.94. The number of nitrogens with one attached hydrogen (secondary N) is 2. The fraction of sp³-hybridized carbons (Fsp3) is 0.917. The number of guanidine groups is 1. The van der Waals surface area contributed by atoms with Crippen molar-refractivity contribution in [3.63, 3.8) is 0 Å². The van der Waals surface area contributed by atoms with Gasteiger partial charge in [0.05, 0.1) is 0 Å². The van der Waals surface area contributed by atoms with Gasteiger partial charge in [-0.2, -0.15) is 0 Å². The van der Waals surface area contributed by atoms with Gasteiger partial charge in [-0.3, -0.25) is 19.6 Å². The lowest BCUT2D eigenvalue weighted by Gasteiger charge is -2.38. The van der Waals surface area contributed by atoms with Gasteiger partial charge >= 0.3 is 0 Å². The largest absolute Gasteiger partial charge is 0.355 e. The third kappa shape index (κ3) is 8.31. The molecule has 0 aromatic carbocycles. The fourth-order valence-corrected chi connectivity index (χ4v) is 5.07. The zero-order valence-electron chi connectivity index (χ0n) is 20.7. The van der Waals surface area contributed by atoms with Crippen LogP contribution in [0.15, 0.2) is 4.99 Å². The normalized spacial score (nSPS) is 22.6. The Balaban J connectivity index is 0.00000363. The predicted molar refractivity (Wildman–Crippen MR) is 144 cm³/mol. The first-order chi connectivity index (χ1) is 15.1.